The monoisotopic (exact) mass is 672 g/mol. The quantitative estimate of drug-likeness (QED) is 0.127. The van der Waals surface area contributed by atoms with Gasteiger partial charge in [-0.3, -0.25) is 19.2 Å². The standard InChI is InChI=1S/C33H32N6O6S2/c1-44-21-17-15-20(16-18-21)29-37-39-33(47-29)35-27(41)23-12-6-8-14-25(23)31(43)45-30(42)24-13-7-5-11-22(24)26(40)34-32-38-36-28(46-32)19-9-3-2-4-10-19/h2-5,7,9-10,15-18,22-25H,6,8,11-14H2,1H3,(H,34,38,40)(H,35,39,41). The molecule has 242 valence electrons. The molecule has 0 saturated heterocycles. The number of amides is 2. The van der Waals surface area contributed by atoms with Crippen molar-refractivity contribution < 1.29 is 28.7 Å². The highest BCUT2D eigenvalue weighted by Crippen LogP contribution is 2.35. The first-order valence-electron chi connectivity index (χ1n) is 15.3. The number of ether oxygens (including phenoxy) is 2. The molecular formula is C33H32N6O6S2. The number of hydrogen-bond acceptors (Lipinski definition) is 12. The van der Waals surface area contributed by atoms with Gasteiger partial charge in [-0.05, 0) is 49.9 Å². The third-order valence-electron chi connectivity index (χ3n) is 8.35. The summed E-state index contributed by atoms with van der Waals surface area (Å²) >= 11 is 2.45. The van der Waals surface area contributed by atoms with Gasteiger partial charge in [-0.25, -0.2) is 0 Å². The van der Waals surface area contributed by atoms with Crippen molar-refractivity contribution >= 4 is 56.7 Å². The lowest BCUT2D eigenvalue weighted by atomic mass is 9.78. The van der Waals surface area contributed by atoms with Gasteiger partial charge in [0, 0.05) is 11.1 Å². The number of methoxy groups -OCH3 is 1. The van der Waals surface area contributed by atoms with Crippen molar-refractivity contribution in [1.29, 1.82) is 0 Å². The van der Waals surface area contributed by atoms with Crippen LogP contribution < -0.4 is 15.4 Å². The first kappa shape index (κ1) is 32.1. The van der Waals surface area contributed by atoms with Crippen molar-refractivity contribution in [2.45, 2.75) is 38.5 Å². The molecule has 2 aromatic carbocycles. The third kappa shape index (κ3) is 7.60. The largest absolute Gasteiger partial charge is 0.497 e. The van der Waals surface area contributed by atoms with Crippen LogP contribution in [0.25, 0.3) is 21.1 Å². The van der Waals surface area contributed by atoms with Gasteiger partial charge in [-0.2, -0.15) is 0 Å². The maximum absolute atomic E-state index is 13.4. The Morgan fingerprint density at radius 2 is 1.19 bits per heavy atom. The van der Waals surface area contributed by atoms with Gasteiger partial charge in [0.1, 0.15) is 15.8 Å². The molecule has 6 rings (SSSR count). The molecule has 2 heterocycles. The number of carbonyl (C=O) groups excluding carboxylic acids is 4. The Bertz CT molecular complexity index is 1770. The number of hydrogen-bond donors (Lipinski definition) is 2. The summed E-state index contributed by atoms with van der Waals surface area (Å²) < 4.78 is 10.6. The van der Waals surface area contributed by atoms with Gasteiger partial charge in [0.05, 0.1) is 30.8 Å². The minimum atomic E-state index is -0.862. The second-order valence-electron chi connectivity index (χ2n) is 11.3. The predicted molar refractivity (Wildman–Crippen MR) is 176 cm³/mol. The van der Waals surface area contributed by atoms with Crippen molar-refractivity contribution in [3.63, 3.8) is 0 Å². The Hall–Kier alpha value is -4.82. The van der Waals surface area contributed by atoms with Gasteiger partial charge in [-0.1, -0.05) is 78.0 Å². The Morgan fingerprint density at radius 1 is 0.660 bits per heavy atom. The fourth-order valence-corrected chi connectivity index (χ4v) is 7.34. The highest BCUT2D eigenvalue weighted by molar-refractivity contribution is 7.19. The van der Waals surface area contributed by atoms with Crippen LogP contribution in [0.1, 0.15) is 38.5 Å². The van der Waals surface area contributed by atoms with Gasteiger partial charge in [-0.15, -0.1) is 20.4 Å². The molecule has 1 saturated carbocycles. The average molecular weight is 673 g/mol. The summed E-state index contributed by atoms with van der Waals surface area (Å²) in [5.74, 6) is -4.71. The van der Waals surface area contributed by atoms with Gasteiger partial charge in [0.15, 0.2) is 0 Å². The zero-order valence-electron chi connectivity index (χ0n) is 25.5. The van der Waals surface area contributed by atoms with Gasteiger partial charge >= 0.3 is 11.9 Å². The van der Waals surface area contributed by atoms with Crippen molar-refractivity contribution in [2.75, 3.05) is 17.7 Å². The van der Waals surface area contributed by atoms with Crippen LogP contribution in [0.4, 0.5) is 10.3 Å². The van der Waals surface area contributed by atoms with Crippen molar-refractivity contribution in [1.82, 2.24) is 20.4 Å². The van der Waals surface area contributed by atoms with Gasteiger partial charge in [0.25, 0.3) is 0 Å². The van der Waals surface area contributed by atoms with E-state index in [1.165, 1.54) is 22.7 Å². The Labute approximate surface area is 278 Å². The highest BCUT2D eigenvalue weighted by atomic mass is 32.1. The zero-order valence-corrected chi connectivity index (χ0v) is 27.1. The van der Waals surface area contributed by atoms with E-state index in [1.807, 2.05) is 60.7 Å². The summed E-state index contributed by atoms with van der Waals surface area (Å²) in [5.41, 5.74) is 1.70. The van der Waals surface area contributed by atoms with E-state index >= 15 is 0 Å². The van der Waals surface area contributed by atoms with Gasteiger partial charge in [0.2, 0.25) is 22.1 Å². The predicted octanol–water partition coefficient (Wildman–Crippen LogP) is 5.77. The number of esters is 2. The Morgan fingerprint density at radius 3 is 1.81 bits per heavy atom. The minimum Gasteiger partial charge on any atom is -0.497 e. The van der Waals surface area contributed by atoms with Crippen LogP contribution in [0.3, 0.4) is 0 Å². The average Bonchev–Trinajstić information content (AvgIpc) is 3.78. The molecule has 2 N–H and O–H groups in total. The fraction of sp³-hybridized carbons (Fsp3) is 0.333. The SMILES string of the molecule is COc1ccc(-c2nnc(NC(=O)C3CCCCC3C(=O)OC(=O)C3CC=CCC3C(=O)Nc3nnc(-c4ccccc4)s3)s2)cc1. The molecule has 0 spiro atoms. The van der Waals surface area contributed by atoms with E-state index in [0.29, 0.717) is 45.3 Å². The summed E-state index contributed by atoms with van der Waals surface area (Å²) in [6.07, 6.45) is 6.55. The second-order valence-corrected chi connectivity index (χ2v) is 13.2. The van der Waals surface area contributed by atoms with Crippen molar-refractivity contribution in [3.8, 4) is 26.9 Å². The van der Waals surface area contributed by atoms with E-state index in [2.05, 4.69) is 31.0 Å². The highest BCUT2D eigenvalue weighted by Gasteiger charge is 2.41. The summed E-state index contributed by atoms with van der Waals surface area (Å²) in [7, 11) is 1.59. The molecule has 0 bridgehead atoms. The second kappa shape index (κ2) is 14.7. The molecule has 14 heteroatoms. The summed E-state index contributed by atoms with van der Waals surface area (Å²) in [5, 5.41) is 24.0. The van der Waals surface area contributed by atoms with E-state index in [1.54, 1.807) is 13.2 Å². The van der Waals surface area contributed by atoms with Gasteiger partial charge < -0.3 is 20.1 Å². The molecule has 47 heavy (non-hydrogen) atoms. The zero-order chi connectivity index (χ0) is 32.8. The number of nitrogens with zero attached hydrogens (tertiary/aromatic N) is 4. The fourth-order valence-electron chi connectivity index (χ4n) is 5.83. The Balaban J connectivity index is 1.07. The van der Waals surface area contributed by atoms with E-state index in [-0.39, 0.29) is 12.3 Å². The van der Waals surface area contributed by atoms with E-state index < -0.39 is 41.5 Å². The number of anilines is 2. The van der Waals surface area contributed by atoms with Crippen LogP contribution in [0, 0.1) is 23.7 Å². The topological polar surface area (TPSA) is 162 Å². The first-order chi connectivity index (χ1) is 22.9. The van der Waals surface area contributed by atoms with Crippen LogP contribution in [-0.4, -0.2) is 51.3 Å². The number of benzene rings is 2. The summed E-state index contributed by atoms with van der Waals surface area (Å²) in [6, 6.07) is 16.8. The van der Waals surface area contributed by atoms with Crippen LogP contribution in [0.2, 0.25) is 0 Å². The molecule has 0 aliphatic heterocycles. The molecule has 2 aliphatic rings. The molecule has 0 radical (unpaired) electrons. The smallest absolute Gasteiger partial charge is 0.317 e. The third-order valence-corrected chi connectivity index (χ3v) is 10.1. The number of rotatable bonds is 9. The molecule has 4 unspecified atom stereocenters. The maximum atomic E-state index is 13.4. The summed E-state index contributed by atoms with van der Waals surface area (Å²) in [4.78, 5) is 53.4. The molecule has 12 nitrogen and oxygen atoms in total. The molecule has 2 aliphatic carbocycles. The molecule has 4 aromatic rings. The molecular weight excluding hydrogens is 641 g/mol. The normalized spacial score (nSPS) is 20.6. The molecule has 2 aromatic heterocycles. The number of allylic oxidation sites excluding steroid dienone is 2. The van der Waals surface area contributed by atoms with E-state index in [4.69, 9.17) is 9.47 Å². The lowest BCUT2D eigenvalue weighted by molar-refractivity contribution is -0.170. The van der Waals surface area contributed by atoms with Crippen molar-refractivity contribution in [2.24, 2.45) is 23.7 Å². The number of nitrogens with one attached hydrogen (secondary N) is 2. The van der Waals surface area contributed by atoms with E-state index in [9.17, 15) is 19.2 Å². The maximum Gasteiger partial charge on any atom is 0.317 e. The lowest BCUT2D eigenvalue weighted by Crippen LogP contribution is -2.40. The summed E-state index contributed by atoms with van der Waals surface area (Å²) in [6.45, 7) is 0. The molecule has 2 amide bonds. The van der Waals surface area contributed by atoms with Crippen LogP contribution >= 0.6 is 22.7 Å². The lowest BCUT2D eigenvalue weighted by Gasteiger charge is -2.29. The van der Waals surface area contributed by atoms with E-state index in [0.717, 1.165) is 24.0 Å². The molecule has 1 fully saturated rings. The number of aromatic nitrogens is 4. The minimum absolute atomic E-state index is 0.248. The van der Waals surface area contributed by atoms with Crippen LogP contribution in [0.15, 0.2) is 66.7 Å². The Kier molecular flexibility index (Phi) is 10.1. The van der Waals surface area contributed by atoms with Crippen molar-refractivity contribution in [3.05, 3.63) is 66.7 Å². The van der Waals surface area contributed by atoms with Crippen LogP contribution in [-0.2, 0) is 23.9 Å². The number of carbonyl (C=O) groups is 4. The molecule has 4 atom stereocenters. The first-order valence-corrected chi connectivity index (χ1v) is 16.9. The van der Waals surface area contributed by atoms with Crippen LogP contribution in [0.5, 0.6) is 5.75 Å².